The summed E-state index contributed by atoms with van der Waals surface area (Å²) in [5.74, 6) is -1.08. The van der Waals surface area contributed by atoms with Crippen LogP contribution in [-0.4, -0.2) is 15.8 Å². The lowest BCUT2D eigenvalue weighted by molar-refractivity contribution is 0.103. The van der Waals surface area contributed by atoms with Crippen LogP contribution in [0.3, 0.4) is 0 Å². The molecule has 0 saturated heterocycles. The van der Waals surface area contributed by atoms with Gasteiger partial charge in [-0.15, -0.1) is 0 Å². The lowest BCUT2D eigenvalue weighted by atomic mass is 10.0. The molecular weight excluding hydrogens is 414 g/mol. The van der Waals surface area contributed by atoms with Crippen molar-refractivity contribution in [1.82, 2.24) is 9.97 Å². The second-order valence-electron chi connectivity index (χ2n) is 6.24. The predicted molar refractivity (Wildman–Crippen MR) is 110 cm³/mol. The first-order valence-corrected chi connectivity index (χ1v) is 9.39. The molecule has 7 heteroatoms. The van der Waals surface area contributed by atoms with Gasteiger partial charge in [-0.05, 0) is 48.0 Å². The molecule has 0 aliphatic carbocycles. The molecule has 0 unspecified atom stereocenters. The summed E-state index contributed by atoms with van der Waals surface area (Å²) < 4.78 is 20.2. The summed E-state index contributed by atoms with van der Waals surface area (Å²) >= 11 is 12.3. The maximum Gasteiger partial charge on any atom is 0.197 e. The van der Waals surface area contributed by atoms with E-state index in [0.29, 0.717) is 16.1 Å². The minimum absolute atomic E-state index is 0.0868. The number of hydrogen-bond acceptors (Lipinski definition) is 4. The third kappa shape index (κ3) is 4.06. The standard InChI is InChI=1S/C22H13Cl2FN2O2/c23-15-3-1-2-13(10-15)12-29-19-7-5-16(25)20(21(19)24)22(28)14-4-6-17-18(11-14)27-9-8-26-17/h1-11H,12H2. The number of aromatic nitrogens is 2. The molecule has 4 rings (SSSR count). The van der Waals surface area contributed by atoms with E-state index in [9.17, 15) is 9.18 Å². The third-order valence-corrected chi connectivity index (χ3v) is 4.91. The van der Waals surface area contributed by atoms with Gasteiger partial charge in [0, 0.05) is 23.0 Å². The van der Waals surface area contributed by atoms with Crippen molar-refractivity contribution in [2.45, 2.75) is 6.61 Å². The monoisotopic (exact) mass is 426 g/mol. The van der Waals surface area contributed by atoms with Crippen molar-refractivity contribution in [3.63, 3.8) is 0 Å². The first-order chi connectivity index (χ1) is 14.0. The second-order valence-corrected chi connectivity index (χ2v) is 7.06. The minimum Gasteiger partial charge on any atom is -0.487 e. The van der Waals surface area contributed by atoms with Crippen LogP contribution in [0.5, 0.6) is 5.75 Å². The highest BCUT2D eigenvalue weighted by molar-refractivity contribution is 6.36. The maximum atomic E-state index is 14.5. The van der Waals surface area contributed by atoms with Gasteiger partial charge in [0.05, 0.1) is 21.6 Å². The van der Waals surface area contributed by atoms with Crippen molar-refractivity contribution in [2.24, 2.45) is 0 Å². The van der Waals surface area contributed by atoms with Gasteiger partial charge < -0.3 is 4.74 Å². The summed E-state index contributed by atoms with van der Waals surface area (Å²) in [6.45, 7) is 0.172. The molecule has 4 nitrogen and oxygen atoms in total. The third-order valence-electron chi connectivity index (χ3n) is 4.30. The molecule has 29 heavy (non-hydrogen) atoms. The lowest BCUT2D eigenvalue weighted by Crippen LogP contribution is -2.07. The van der Waals surface area contributed by atoms with Gasteiger partial charge in [-0.1, -0.05) is 35.3 Å². The number of nitrogens with zero attached hydrogens (tertiary/aromatic N) is 2. The SMILES string of the molecule is O=C(c1ccc2nccnc2c1)c1c(F)ccc(OCc2cccc(Cl)c2)c1Cl. The molecule has 1 heterocycles. The Labute approximate surface area is 175 Å². The molecule has 0 N–H and O–H groups in total. The van der Waals surface area contributed by atoms with E-state index in [1.165, 1.54) is 12.3 Å². The second kappa shape index (κ2) is 8.15. The van der Waals surface area contributed by atoms with Crippen LogP contribution in [0.25, 0.3) is 11.0 Å². The van der Waals surface area contributed by atoms with Gasteiger partial charge in [-0.2, -0.15) is 0 Å². The zero-order chi connectivity index (χ0) is 20.4. The van der Waals surface area contributed by atoms with Crippen LogP contribution in [0.1, 0.15) is 21.5 Å². The Bertz CT molecular complexity index is 1230. The fourth-order valence-corrected chi connectivity index (χ4v) is 3.40. The van der Waals surface area contributed by atoms with Gasteiger partial charge in [-0.25, -0.2) is 4.39 Å². The molecule has 144 valence electrons. The van der Waals surface area contributed by atoms with Crippen LogP contribution in [0.2, 0.25) is 10.0 Å². The summed E-state index contributed by atoms with van der Waals surface area (Å²) in [6.07, 6.45) is 3.08. The maximum absolute atomic E-state index is 14.5. The Morgan fingerprint density at radius 2 is 1.76 bits per heavy atom. The Morgan fingerprint density at radius 3 is 2.55 bits per heavy atom. The Kier molecular flexibility index (Phi) is 5.43. The Balaban J connectivity index is 1.65. The molecule has 1 aromatic heterocycles. The summed E-state index contributed by atoms with van der Waals surface area (Å²) in [4.78, 5) is 21.3. The first-order valence-electron chi connectivity index (χ1n) is 8.63. The summed E-state index contributed by atoms with van der Waals surface area (Å²) in [7, 11) is 0. The molecule has 0 atom stereocenters. The van der Waals surface area contributed by atoms with Gasteiger partial charge in [0.25, 0.3) is 0 Å². The summed E-state index contributed by atoms with van der Waals surface area (Å²) in [5, 5.41) is 0.489. The Morgan fingerprint density at radius 1 is 0.966 bits per heavy atom. The average molecular weight is 427 g/mol. The van der Waals surface area contributed by atoms with E-state index in [4.69, 9.17) is 27.9 Å². The zero-order valence-corrected chi connectivity index (χ0v) is 16.4. The smallest absolute Gasteiger partial charge is 0.197 e. The molecule has 0 saturated carbocycles. The zero-order valence-electron chi connectivity index (χ0n) is 14.9. The highest BCUT2D eigenvalue weighted by Gasteiger charge is 2.22. The van der Waals surface area contributed by atoms with E-state index in [2.05, 4.69) is 9.97 Å². The molecule has 4 aromatic rings. The van der Waals surface area contributed by atoms with Crippen molar-refractivity contribution in [1.29, 1.82) is 0 Å². The molecule has 0 amide bonds. The quantitative estimate of drug-likeness (QED) is 0.373. The van der Waals surface area contributed by atoms with Gasteiger partial charge >= 0.3 is 0 Å². The Hall–Kier alpha value is -3.02. The van der Waals surface area contributed by atoms with E-state index in [0.717, 1.165) is 11.6 Å². The molecule has 0 bridgehead atoms. The minimum atomic E-state index is -0.727. The number of ketones is 1. The lowest BCUT2D eigenvalue weighted by Gasteiger charge is -2.12. The van der Waals surface area contributed by atoms with Gasteiger partial charge in [0.2, 0.25) is 0 Å². The first kappa shape index (κ1) is 19.3. The van der Waals surface area contributed by atoms with Crippen LogP contribution in [0.15, 0.2) is 67.0 Å². The molecule has 0 aliphatic heterocycles. The molecule has 0 spiro atoms. The highest BCUT2D eigenvalue weighted by atomic mass is 35.5. The van der Waals surface area contributed by atoms with Crippen molar-refractivity contribution >= 4 is 40.0 Å². The van der Waals surface area contributed by atoms with Crippen LogP contribution in [0.4, 0.5) is 4.39 Å². The van der Waals surface area contributed by atoms with Crippen molar-refractivity contribution < 1.29 is 13.9 Å². The average Bonchev–Trinajstić information content (AvgIpc) is 2.73. The van der Waals surface area contributed by atoms with Crippen molar-refractivity contribution in [2.75, 3.05) is 0 Å². The predicted octanol–water partition coefficient (Wildman–Crippen LogP) is 5.89. The summed E-state index contributed by atoms with van der Waals surface area (Å²) in [6, 6.07) is 14.5. The molecule has 0 aliphatic rings. The van der Waals surface area contributed by atoms with Gasteiger partial charge in [-0.3, -0.25) is 14.8 Å². The normalized spacial score (nSPS) is 10.9. The summed E-state index contributed by atoms with van der Waals surface area (Å²) in [5.41, 5.74) is 1.99. The van der Waals surface area contributed by atoms with Crippen LogP contribution >= 0.6 is 23.2 Å². The number of hydrogen-bond donors (Lipinski definition) is 0. The molecule has 3 aromatic carbocycles. The van der Waals surface area contributed by atoms with Crippen molar-refractivity contribution in [3.8, 4) is 5.75 Å². The van der Waals surface area contributed by atoms with E-state index in [1.807, 2.05) is 6.07 Å². The molecule has 0 fully saturated rings. The van der Waals surface area contributed by atoms with Gasteiger partial charge in [0.15, 0.2) is 5.78 Å². The van der Waals surface area contributed by atoms with E-state index < -0.39 is 11.6 Å². The number of carbonyl (C=O) groups excluding carboxylic acids is 1. The molecular formula is C22H13Cl2FN2O2. The molecule has 0 radical (unpaired) electrons. The largest absolute Gasteiger partial charge is 0.487 e. The van der Waals surface area contributed by atoms with Crippen LogP contribution in [0, 0.1) is 5.82 Å². The number of carbonyl (C=O) groups is 1. The fourth-order valence-electron chi connectivity index (χ4n) is 2.89. The van der Waals surface area contributed by atoms with E-state index in [-0.39, 0.29) is 28.5 Å². The number of fused-ring (bicyclic) bond motifs is 1. The van der Waals surface area contributed by atoms with Crippen LogP contribution < -0.4 is 4.74 Å². The van der Waals surface area contributed by atoms with Gasteiger partial charge in [0.1, 0.15) is 18.2 Å². The van der Waals surface area contributed by atoms with E-state index in [1.54, 1.807) is 42.6 Å². The number of benzene rings is 3. The fraction of sp³-hybridized carbons (Fsp3) is 0.0455. The number of rotatable bonds is 5. The number of ether oxygens (including phenoxy) is 1. The van der Waals surface area contributed by atoms with E-state index >= 15 is 0 Å². The number of halogens is 3. The highest BCUT2D eigenvalue weighted by Crippen LogP contribution is 2.33. The van der Waals surface area contributed by atoms with Crippen LogP contribution in [-0.2, 0) is 6.61 Å². The van der Waals surface area contributed by atoms with Crippen molar-refractivity contribution in [3.05, 3.63) is 99.5 Å². The topological polar surface area (TPSA) is 52.1 Å².